The third-order valence-corrected chi connectivity index (χ3v) is 9.58. The van der Waals surface area contributed by atoms with Gasteiger partial charge in [-0.2, -0.15) is 0 Å². The Morgan fingerprint density at radius 2 is 1.58 bits per heavy atom. The lowest BCUT2D eigenvalue weighted by Crippen LogP contribution is -2.56. The molecule has 0 atom stereocenters. The highest BCUT2D eigenvalue weighted by molar-refractivity contribution is 14.0. The summed E-state index contributed by atoms with van der Waals surface area (Å²) in [4.78, 5) is 7.72. The van der Waals surface area contributed by atoms with Gasteiger partial charge in [0, 0.05) is 38.1 Å². The van der Waals surface area contributed by atoms with E-state index < -0.39 is 14.6 Å². The van der Waals surface area contributed by atoms with Gasteiger partial charge in [-0.1, -0.05) is 25.7 Å². The Morgan fingerprint density at radius 1 is 0.968 bits per heavy atom. The van der Waals surface area contributed by atoms with Crippen LogP contribution in [0, 0.1) is 0 Å². The molecule has 182 valence electrons. The Balaban J connectivity index is 0.00000341. The zero-order valence-corrected chi connectivity index (χ0v) is 22.6. The van der Waals surface area contributed by atoms with Crippen molar-refractivity contribution in [3.63, 3.8) is 0 Å². The Bertz CT molecular complexity index is 668. The topological polar surface area (TPSA) is 83.0 Å². The molecule has 1 saturated carbocycles. The predicted molar refractivity (Wildman–Crippen MR) is 138 cm³/mol. The number of aliphatic imine (C=N–C) groups is 1. The number of sulfone groups is 1. The molecule has 9 heteroatoms. The van der Waals surface area contributed by atoms with Crippen molar-refractivity contribution in [3.8, 4) is 0 Å². The van der Waals surface area contributed by atoms with Crippen LogP contribution in [0.25, 0.3) is 0 Å². The lowest BCUT2D eigenvalue weighted by Gasteiger charge is -2.47. The number of nitrogens with zero attached hydrogens (tertiary/aromatic N) is 2. The molecule has 2 heterocycles. The van der Waals surface area contributed by atoms with Crippen LogP contribution in [0.1, 0.15) is 71.1 Å². The highest BCUT2D eigenvalue weighted by atomic mass is 127. The van der Waals surface area contributed by atoms with E-state index in [1.54, 1.807) is 0 Å². The molecule has 0 radical (unpaired) electrons. The van der Waals surface area contributed by atoms with E-state index in [1.165, 1.54) is 70.7 Å². The quantitative estimate of drug-likeness (QED) is 0.278. The van der Waals surface area contributed by atoms with Crippen LogP contribution in [0.3, 0.4) is 0 Å². The second-order valence-corrected chi connectivity index (χ2v) is 11.9. The van der Waals surface area contributed by atoms with Gasteiger partial charge >= 0.3 is 0 Å². The highest BCUT2D eigenvalue weighted by Gasteiger charge is 2.42. The van der Waals surface area contributed by atoms with Crippen LogP contribution in [0.15, 0.2) is 4.99 Å². The number of halogens is 1. The second kappa shape index (κ2) is 12.4. The monoisotopic (exact) mass is 570 g/mol. The molecule has 2 N–H and O–H groups in total. The number of nitrogens with one attached hydrogen (secondary N) is 2. The van der Waals surface area contributed by atoms with Crippen molar-refractivity contribution in [2.75, 3.05) is 52.2 Å². The molecule has 0 unspecified atom stereocenters. The summed E-state index contributed by atoms with van der Waals surface area (Å²) in [7, 11) is -3.20. The standard InChI is InChI=1S/C22H42N4O3S.HI/c1-3-23-20(25-19-22(30(2,27)28)12-16-29-17-13-22)24-18-21(10-6-4-7-11-21)26-14-8-5-9-15-26;/h3-19H2,1-2H3,(H2,23,24,25);1H. The molecule has 3 fully saturated rings. The van der Waals surface area contributed by atoms with Gasteiger partial charge in [-0.05, 0) is 58.5 Å². The van der Waals surface area contributed by atoms with Crippen molar-refractivity contribution in [1.82, 2.24) is 15.5 Å². The Morgan fingerprint density at radius 3 is 2.16 bits per heavy atom. The Hall–Kier alpha value is -0.130. The number of hydrogen-bond acceptors (Lipinski definition) is 5. The number of guanidine groups is 1. The molecule has 0 amide bonds. The third kappa shape index (κ3) is 6.93. The lowest BCUT2D eigenvalue weighted by molar-refractivity contribution is 0.0407. The number of rotatable bonds is 7. The second-order valence-electron chi connectivity index (χ2n) is 9.45. The number of likely N-dealkylation sites (tertiary alicyclic amines) is 1. The Kier molecular flexibility index (Phi) is 10.8. The molecular weight excluding hydrogens is 527 g/mol. The van der Waals surface area contributed by atoms with Crippen molar-refractivity contribution < 1.29 is 13.2 Å². The van der Waals surface area contributed by atoms with E-state index in [-0.39, 0.29) is 29.5 Å². The van der Waals surface area contributed by atoms with Crippen LogP contribution in [0.2, 0.25) is 0 Å². The van der Waals surface area contributed by atoms with Gasteiger partial charge in [-0.3, -0.25) is 9.89 Å². The van der Waals surface area contributed by atoms with Gasteiger partial charge in [0.2, 0.25) is 0 Å². The van der Waals surface area contributed by atoms with E-state index >= 15 is 0 Å². The van der Waals surface area contributed by atoms with E-state index in [0.717, 1.165) is 19.0 Å². The normalized spacial score (nSPS) is 24.8. The fourth-order valence-electron chi connectivity index (χ4n) is 5.39. The average molecular weight is 571 g/mol. The maximum absolute atomic E-state index is 12.6. The summed E-state index contributed by atoms with van der Waals surface area (Å²) in [5, 5.41) is 6.73. The molecule has 0 spiro atoms. The van der Waals surface area contributed by atoms with Crippen LogP contribution in [0.5, 0.6) is 0 Å². The zero-order chi connectivity index (χ0) is 21.5. The van der Waals surface area contributed by atoms with Gasteiger partial charge < -0.3 is 15.4 Å². The number of ether oxygens (including phenoxy) is 1. The van der Waals surface area contributed by atoms with Crippen molar-refractivity contribution in [3.05, 3.63) is 0 Å². The molecule has 0 aromatic heterocycles. The highest BCUT2D eigenvalue weighted by Crippen LogP contribution is 2.36. The minimum Gasteiger partial charge on any atom is -0.381 e. The smallest absolute Gasteiger partial charge is 0.191 e. The van der Waals surface area contributed by atoms with Crippen molar-refractivity contribution in [1.29, 1.82) is 0 Å². The van der Waals surface area contributed by atoms with Crippen molar-refractivity contribution in [2.45, 2.75) is 81.4 Å². The fraction of sp³-hybridized carbons (Fsp3) is 0.955. The SMILES string of the molecule is CCNC(=NCC1(N2CCCCC2)CCCCC1)NCC1(S(C)(=O)=O)CCOCC1.I. The largest absolute Gasteiger partial charge is 0.381 e. The van der Waals surface area contributed by atoms with Gasteiger partial charge in [0.05, 0.1) is 11.3 Å². The lowest BCUT2D eigenvalue weighted by atomic mass is 9.79. The molecule has 7 nitrogen and oxygen atoms in total. The maximum atomic E-state index is 12.6. The molecule has 0 aromatic carbocycles. The first-order valence-electron chi connectivity index (χ1n) is 12.0. The summed E-state index contributed by atoms with van der Waals surface area (Å²) in [6.45, 7) is 7.37. The first-order valence-corrected chi connectivity index (χ1v) is 13.8. The predicted octanol–water partition coefficient (Wildman–Crippen LogP) is 2.94. The van der Waals surface area contributed by atoms with Crippen LogP contribution in [-0.4, -0.2) is 81.8 Å². The minimum atomic E-state index is -3.20. The summed E-state index contributed by atoms with van der Waals surface area (Å²) in [5.74, 6) is 0.744. The average Bonchev–Trinajstić information content (AvgIpc) is 2.77. The van der Waals surface area contributed by atoms with Crippen LogP contribution in [0.4, 0.5) is 0 Å². The van der Waals surface area contributed by atoms with E-state index in [1.807, 2.05) is 0 Å². The van der Waals surface area contributed by atoms with Crippen molar-refractivity contribution in [2.24, 2.45) is 4.99 Å². The molecule has 3 aliphatic rings. The molecular formula is C22H43IN4O3S. The summed E-state index contributed by atoms with van der Waals surface area (Å²) >= 11 is 0. The third-order valence-electron chi connectivity index (χ3n) is 7.46. The van der Waals surface area contributed by atoms with Gasteiger partial charge in [0.15, 0.2) is 15.8 Å². The van der Waals surface area contributed by atoms with E-state index in [4.69, 9.17) is 9.73 Å². The van der Waals surface area contributed by atoms with Gasteiger partial charge in [0.25, 0.3) is 0 Å². The molecule has 3 rings (SSSR count). The van der Waals surface area contributed by atoms with E-state index in [2.05, 4.69) is 22.5 Å². The van der Waals surface area contributed by atoms with E-state index in [9.17, 15) is 8.42 Å². The van der Waals surface area contributed by atoms with Crippen LogP contribution >= 0.6 is 24.0 Å². The summed E-state index contributed by atoms with van der Waals surface area (Å²) in [6, 6.07) is 0. The summed E-state index contributed by atoms with van der Waals surface area (Å²) in [6.07, 6.45) is 12.7. The number of hydrogen-bond donors (Lipinski definition) is 2. The van der Waals surface area contributed by atoms with Gasteiger partial charge in [-0.25, -0.2) is 8.42 Å². The molecule has 2 saturated heterocycles. The summed E-state index contributed by atoms with van der Waals surface area (Å²) in [5.41, 5.74) is 0.175. The molecule has 31 heavy (non-hydrogen) atoms. The van der Waals surface area contributed by atoms with Crippen LogP contribution < -0.4 is 10.6 Å². The zero-order valence-electron chi connectivity index (χ0n) is 19.5. The minimum absolute atomic E-state index is 0. The molecule has 0 bridgehead atoms. The van der Waals surface area contributed by atoms with Gasteiger partial charge in [-0.15, -0.1) is 24.0 Å². The van der Waals surface area contributed by atoms with Gasteiger partial charge in [0.1, 0.15) is 0 Å². The Labute approximate surface area is 206 Å². The molecule has 1 aliphatic carbocycles. The first kappa shape index (κ1) is 27.1. The summed E-state index contributed by atoms with van der Waals surface area (Å²) < 4.78 is 29.8. The number of piperidine rings is 1. The van der Waals surface area contributed by atoms with Crippen molar-refractivity contribution >= 4 is 39.8 Å². The van der Waals surface area contributed by atoms with Crippen LogP contribution in [-0.2, 0) is 14.6 Å². The first-order chi connectivity index (χ1) is 14.4. The molecule has 0 aromatic rings. The molecule has 2 aliphatic heterocycles. The van der Waals surface area contributed by atoms with E-state index in [0.29, 0.717) is 32.6 Å². The fourth-order valence-corrected chi connectivity index (χ4v) is 6.63. The maximum Gasteiger partial charge on any atom is 0.191 e.